The molecule has 2 rings (SSSR count). The number of hydrogen-bond donors (Lipinski definition) is 2. The largest absolute Gasteiger partial charge is 0.376 e. The number of carbonyl (C=O) groups is 2. The van der Waals surface area contributed by atoms with Gasteiger partial charge < -0.3 is 9.47 Å². The molecule has 0 aromatic rings. The van der Waals surface area contributed by atoms with E-state index in [2.05, 4.69) is 10.9 Å². The van der Waals surface area contributed by atoms with Crippen LogP contribution in [0.4, 0.5) is 0 Å². The van der Waals surface area contributed by atoms with Crippen LogP contribution in [0.15, 0.2) is 0 Å². The van der Waals surface area contributed by atoms with Gasteiger partial charge >= 0.3 is 0 Å². The molecule has 0 unspecified atom stereocenters. The van der Waals surface area contributed by atoms with Gasteiger partial charge in [0, 0.05) is 12.5 Å². The third kappa shape index (κ3) is 4.80. The van der Waals surface area contributed by atoms with E-state index in [1.165, 1.54) is 0 Å². The van der Waals surface area contributed by atoms with Gasteiger partial charge in [-0.05, 0) is 39.0 Å². The van der Waals surface area contributed by atoms with E-state index in [1.807, 2.05) is 0 Å². The van der Waals surface area contributed by atoms with Crippen molar-refractivity contribution in [3.05, 3.63) is 0 Å². The molecule has 2 aliphatic rings. The summed E-state index contributed by atoms with van der Waals surface area (Å²) in [6.45, 7) is 2.86. The first-order valence-electron chi connectivity index (χ1n) is 6.99. The van der Waals surface area contributed by atoms with Gasteiger partial charge in [-0.15, -0.1) is 0 Å². The average Bonchev–Trinajstić information content (AvgIpc) is 3.27. The summed E-state index contributed by atoms with van der Waals surface area (Å²) < 4.78 is 11.0. The standard InChI is InChI=1S/C13H22N2O4/c1-9(19-8-11-4-2-3-7-18-11)12(16)14-15-13(17)10-5-6-10/h9-11H,2-8H2,1H3,(H,14,16)(H,15,17)/t9-,11+/m0/s1. The summed E-state index contributed by atoms with van der Waals surface area (Å²) in [7, 11) is 0. The summed E-state index contributed by atoms with van der Waals surface area (Å²) >= 11 is 0. The van der Waals surface area contributed by atoms with Crippen LogP contribution in [0, 0.1) is 5.92 Å². The average molecular weight is 270 g/mol. The molecule has 0 aromatic carbocycles. The molecule has 6 heteroatoms. The molecule has 6 nitrogen and oxygen atoms in total. The van der Waals surface area contributed by atoms with Gasteiger partial charge in [0.25, 0.3) is 5.91 Å². The number of carbonyl (C=O) groups excluding carboxylic acids is 2. The topological polar surface area (TPSA) is 76.7 Å². The van der Waals surface area contributed by atoms with Crippen LogP contribution in [0.1, 0.15) is 39.0 Å². The SMILES string of the molecule is C[C@H](OC[C@H]1CCCCO1)C(=O)NNC(=O)C1CC1. The van der Waals surface area contributed by atoms with E-state index in [-0.39, 0.29) is 23.8 Å². The Bertz CT molecular complexity index is 325. The van der Waals surface area contributed by atoms with Crippen LogP contribution >= 0.6 is 0 Å². The molecule has 108 valence electrons. The zero-order chi connectivity index (χ0) is 13.7. The second-order valence-electron chi connectivity index (χ2n) is 5.22. The van der Waals surface area contributed by atoms with Crippen LogP contribution < -0.4 is 10.9 Å². The normalized spacial score (nSPS) is 24.6. The molecule has 0 bridgehead atoms. The van der Waals surface area contributed by atoms with Gasteiger partial charge in [0.15, 0.2) is 0 Å². The van der Waals surface area contributed by atoms with Crippen molar-refractivity contribution < 1.29 is 19.1 Å². The summed E-state index contributed by atoms with van der Waals surface area (Å²) in [4.78, 5) is 23.0. The molecule has 1 saturated carbocycles. The van der Waals surface area contributed by atoms with Crippen molar-refractivity contribution in [3.63, 3.8) is 0 Å². The lowest BCUT2D eigenvalue weighted by Crippen LogP contribution is -2.47. The fourth-order valence-electron chi connectivity index (χ4n) is 1.94. The Kier molecular flexibility index (Phi) is 5.15. The molecule has 0 aromatic heterocycles. The Morgan fingerprint density at radius 2 is 2.05 bits per heavy atom. The minimum absolute atomic E-state index is 0.0761. The second-order valence-corrected chi connectivity index (χ2v) is 5.22. The van der Waals surface area contributed by atoms with Crippen LogP contribution in [0.3, 0.4) is 0 Å². The molecule has 2 fully saturated rings. The molecule has 1 heterocycles. The van der Waals surface area contributed by atoms with Crippen molar-refractivity contribution in [2.75, 3.05) is 13.2 Å². The van der Waals surface area contributed by atoms with Crippen LogP contribution in [0.2, 0.25) is 0 Å². The Balaban J connectivity index is 1.59. The summed E-state index contributed by atoms with van der Waals surface area (Å²) in [5.41, 5.74) is 4.80. The third-order valence-corrected chi connectivity index (χ3v) is 3.43. The zero-order valence-electron chi connectivity index (χ0n) is 11.3. The quantitative estimate of drug-likeness (QED) is 0.714. The Hall–Kier alpha value is -1.14. The van der Waals surface area contributed by atoms with Crippen molar-refractivity contribution in [3.8, 4) is 0 Å². The molecular weight excluding hydrogens is 248 g/mol. The Morgan fingerprint density at radius 1 is 1.26 bits per heavy atom. The van der Waals surface area contributed by atoms with E-state index in [9.17, 15) is 9.59 Å². The zero-order valence-corrected chi connectivity index (χ0v) is 11.3. The van der Waals surface area contributed by atoms with Crippen LogP contribution in [0.5, 0.6) is 0 Å². The molecule has 2 atom stereocenters. The monoisotopic (exact) mass is 270 g/mol. The molecule has 1 saturated heterocycles. The summed E-state index contributed by atoms with van der Waals surface area (Å²) in [5, 5.41) is 0. The van der Waals surface area contributed by atoms with Crippen molar-refractivity contribution in [1.29, 1.82) is 0 Å². The summed E-state index contributed by atoms with van der Waals surface area (Å²) in [5.74, 6) is -0.367. The highest BCUT2D eigenvalue weighted by Gasteiger charge is 2.30. The third-order valence-electron chi connectivity index (χ3n) is 3.43. The predicted molar refractivity (Wildman–Crippen MR) is 68.0 cm³/mol. The highest BCUT2D eigenvalue weighted by molar-refractivity contribution is 5.86. The van der Waals surface area contributed by atoms with E-state index in [4.69, 9.17) is 9.47 Å². The minimum Gasteiger partial charge on any atom is -0.376 e. The van der Waals surface area contributed by atoms with Gasteiger partial charge in [-0.1, -0.05) is 0 Å². The van der Waals surface area contributed by atoms with E-state index < -0.39 is 6.10 Å². The fourth-order valence-corrected chi connectivity index (χ4v) is 1.94. The van der Waals surface area contributed by atoms with Gasteiger partial charge in [0.05, 0.1) is 12.7 Å². The molecule has 0 spiro atoms. The molecule has 2 amide bonds. The van der Waals surface area contributed by atoms with Gasteiger partial charge in [-0.2, -0.15) is 0 Å². The molecule has 1 aliphatic heterocycles. The highest BCUT2D eigenvalue weighted by Crippen LogP contribution is 2.28. The van der Waals surface area contributed by atoms with E-state index >= 15 is 0 Å². The van der Waals surface area contributed by atoms with Crippen molar-refractivity contribution in [2.24, 2.45) is 5.92 Å². The molecule has 1 aliphatic carbocycles. The summed E-state index contributed by atoms with van der Waals surface area (Å²) in [6, 6.07) is 0. The van der Waals surface area contributed by atoms with Crippen molar-refractivity contribution in [1.82, 2.24) is 10.9 Å². The molecule has 2 N–H and O–H groups in total. The van der Waals surface area contributed by atoms with Gasteiger partial charge in [0.2, 0.25) is 5.91 Å². The van der Waals surface area contributed by atoms with Crippen LogP contribution in [-0.4, -0.2) is 37.2 Å². The van der Waals surface area contributed by atoms with Gasteiger partial charge in [-0.3, -0.25) is 20.4 Å². The van der Waals surface area contributed by atoms with Gasteiger partial charge in [0.1, 0.15) is 6.10 Å². The first-order chi connectivity index (χ1) is 9.16. The van der Waals surface area contributed by atoms with Crippen molar-refractivity contribution in [2.45, 2.75) is 51.2 Å². The molecular formula is C13H22N2O4. The smallest absolute Gasteiger partial charge is 0.267 e. The number of hydrogen-bond acceptors (Lipinski definition) is 4. The molecule has 19 heavy (non-hydrogen) atoms. The number of ether oxygens (including phenoxy) is 2. The maximum Gasteiger partial charge on any atom is 0.267 e. The minimum atomic E-state index is -0.593. The van der Waals surface area contributed by atoms with E-state index in [1.54, 1.807) is 6.92 Å². The highest BCUT2D eigenvalue weighted by atomic mass is 16.5. The Labute approximate surface area is 113 Å². The number of amides is 2. The van der Waals surface area contributed by atoms with Crippen LogP contribution in [-0.2, 0) is 19.1 Å². The number of nitrogens with one attached hydrogen (secondary N) is 2. The lowest BCUT2D eigenvalue weighted by molar-refractivity contribution is -0.139. The lowest BCUT2D eigenvalue weighted by atomic mass is 10.1. The molecule has 0 radical (unpaired) electrons. The van der Waals surface area contributed by atoms with Crippen molar-refractivity contribution >= 4 is 11.8 Å². The number of rotatable bonds is 5. The first kappa shape index (κ1) is 14.3. The van der Waals surface area contributed by atoms with E-state index in [0.717, 1.165) is 38.7 Å². The van der Waals surface area contributed by atoms with Crippen LogP contribution in [0.25, 0.3) is 0 Å². The first-order valence-corrected chi connectivity index (χ1v) is 6.99. The van der Waals surface area contributed by atoms with E-state index in [0.29, 0.717) is 6.61 Å². The number of hydrazine groups is 1. The maximum atomic E-state index is 11.7. The maximum absolute atomic E-state index is 11.7. The second kappa shape index (κ2) is 6.86. The van der Waals surface area contributed by atoms with Gasteiger partial charge in [-0.25, -0.2) is 0 Å². The lowest BCUT2D eigenvalue weighted by Gasteiger charge is -2.23. The Morgan fingerprint density at radius 3 is 2.68 bits per heavy atom. The summed E-state index contributed by atoms with van der Waals surface area (Å²) in [6.07, 6.45) is 4.54. The predicted octanol–water partition coefficient (Wildman–Crippen LogP) is 0.518. The fraction of sp³-hybridized carbons (Fsp3) is 0.846.